The molecular weight excluding hydrogens is 192 g/mol. The van der Waals surface area contributed by atoms with E-state index in [2.05, 4.69) is 21.2 Å². The molecule has 0 amide bonds. The van der Waals surface area contributed by atoms with Gasteiger partial charge in [-0.1, -0.05) is 12.2 Å². The van der Waals surface area contributed by atoms with Crippen LogP contribution in [0.2, 0.25) is 0 Å². The van der Waals surface area contributed by atoms with Crippen LogP contribution in [0.4, 0.5) is 0 Å². The summed E-state index contributed by atoms with van der Waals surface area (Å²) < 4.78 is 0. The van der Waals surface area contributed by atoms with Gasteiger partial charge < -0.3 is 5.32 Å². The highest BCUT2D eigenvalue weighted by atomic mass is 79.9. The van der Waals surface area contributed by atoms with E-state index in [0.717, 1.165) is 0 Å². The molecule has 10 heavy (non-hydrogen) atoms. The summed E-state index contributed by atoms with van der Waals surface area (Å²) in [4.78, 5) is 1.56. The Hall–Kier alpha value is -1.01. The fourth-order valence-corrected chi connectivity index (χ4v) is 0.406. The molecule has 0 aromatic carbocycles. The fourth-order valence-electron chi connectivity index (χ4n) is 0.406. The molecule has 0 spiro atoms. The van der Waals surface area contributed by atoms with Gasteiger partial charge in [-0.05, 0) is 12.2 Å². The molecule has 0 saturated carbocycles. The summed E-state index contributed by atoms with van der Waals surface area (Å²) in [5.41, 5.74) is 0. The predicted molar refractivity (Wildman–Crippen MR) is 45.1 cm³/mol. The zero-order valence-electron chi connectivity index (χ0n) is 5.29. The van der Waals surface area contributed by atoms with Crippen molar-refractivity contribution in [3.05, 3.63) is 36.7 Å². The lowest BCUT2D eigenvalue weighted by atomic mass is 10.5. The second kappa shape index (κ2) is 7.99. The molecule has 0 unspecified atom stereocenters. The number of nitriles is 1. The van der Waals surface area contributed by atoms with Gasteiger partial charge in [-0.15, -0.1) is 0 Å². The highest BCUT2D eigenvalue weighted by molar-refractivity contribution is 9.12. The van der Waals surface area contributed by atoms with Crippen molar-refractivity contribution in [1.29, 1.82) is 5.26 Å². The van der Waals surface area contributed by atoms with Gasteiger partial charge in [0.05, 0.1) is 0 Å². The van der Waals surface area contributed by atoms with Crippen LogP contribution in [-0.2, 0) is 0 Å². The molecular formula is C7H7BrN2. The second-order valence-corrected chi connectivity index (χ2v) is 1.71. The topological polar surface area (TPSA) is 35.8 Å². The number of hydrogen-bond donors (Lipinski definition) is 1. The van der Waals surface area contributed by atoms with Crippen LogP contribution in [0.25, 0.3) is 0 Å². The third-order valence-corrected chi connectivity index (χ3v) is 0.718. The van der Waals surface area contributed by atoms with E-state index in [9.17, 15) is 0 Å². The van der Waals surface area contributed by atoms with Gasteiger partial charge in [0.25, 0.3) is 0 Å². The first-order valence-electron chi connectivity index (χ1n) is 2.66. The number of nitrogens with zero attached hydrogens (tertiary/aromatic N) is 1. The molecule has 2 nitrogen and oxygen atoms in total. The molecule has 0 bridgehead atoms. The van der Waals surface area contributed by atoms with Crippen LogP contribution in [0.15, 0.2) is 36.7 Å². The van der Waals surface area contributed by atoms with Crippen LogP contribution in [0.1, 0.15) is 0 Å². The average molecular weight is 199 g/mol. The number of allylic oxidation sites excluding steroid dienone is 4. The molecule has 1 heterocycles. The summed E-state index contributed by atoms with van der Waals surface area (Å²) in [6.07, 6.45) is 11.6. The van der Waals surface area contributed by atoms with E-state index in [-0.39, 0.29) is 0 Å². The van der Waals surface area contributed by atoms with E-state index in [4.69, 9.17) is 5.26 Å². The van der Waals surface area contributed by atoms with Gasteiger partial charge in [-0.25, -0.2) is 0 Å². The first kappa shape index (κ1) is 8.99. The molecule has 1 N–H and O–H groups in total. The van der Waals surface area contributed by atoms with Gasteiger partial charge in [0.15, 0.2) is 0 Å². The number of rotatable bonds is 0. The van der Waals surface area contributed by atoms with E-state index >= 15 is 0 Å². The van der Waals surface area contributed by atoms with Crippen molar-refractivity contribution in [2.45, 2.75) is 0 Å². The first-order chi connectivity index (χ1) is 4.91. The molecule has 1 rings (SSSR count). The molecule has 52 valence electrons. The van der Waals surface area contributed by atoms with E-state index < -0.39 is 0 Å². The predicted octanol–water partition coefficient (Wildman–Crippen LogP) is 2.04. The van der Waals surface area contributed by atoms with Crippen molar-refractivity contribution in [2.24, 2.45) is 0 Å². The second-order valence-electron chi connectivity index (χ2n) is 1.35. The maximum atomic E-state index is 7.24. The number of hydrogen-bond acceptors (Lipinski definition) is 2. The monoisotopic (exact) mass is 198 g/mol. The molecule has 1 aliphatic heterocycles. The van der Waals surface area contributed by atoms with E-state index in [1.165, 1.54) is 0 Å². The Morgan fingerprint density at radius 1 is 1.10 bits per heavy atom. The Morgan fingerprint density at radius 2 is 1.50 bits per heavy atom. The number of nitrogens with one attached hydrogen (secondary N) is 1. The third kappa shape index (κ3) is 6.99. The first-order valence-corrected chi connectivity index (χ1v) is 3.45. The lowest BCUT2D eigenvalue weighted by Crippen LogP contribution is -1.87. The highest BCUT2D eigenvalue weighted by Gasteiger charge is 1.67. The zero-order valence-corrected chi connectivity index (χ0v) is 6.88. The van der Waals surface area contributed by atoms with Crippen molar-refractivity contribution >= 4 is 15.9 Å². The van der Waals surface area contributed by atoms with Crippen molar-refractivity contribution < 1.29 is 0 Å². The van der Waals surface area contributed by atoms with Crippen LogP contribution >= 0.6 is 15.9 Å². The smallest absolute Gasteiger partial charge is 0.142 e. The summed E-state index contributed by atoms with van der Waals surface area (Å²) in [6, 6.07) is 0. The molecule has 0 fully saturated rings. The van der Waals surface area contributed by atoms with E-state index in [1.807, 2.05) is 36.7 Å². The van der Waals surface area contributed by atoms with Crippen LogP contribution in [0.3, 0.4) is 0 Å². The Labute approximate surface area is 68.7 Å². The lowest BCUT2D eigenvalue weighted by molar-refractivity contribution is 1.20. The standard InChI is InChI=1S/C6H7N.CBrN/c1-2-4-6-7-5-3-1;2-1-3/h1-7H;. The normalized spacial score (nSPS) is 12.0. The van der Waals surface area contributed by atoms with Gasteiger partial charge in [-0.2, -0.15) is 5.26 Å². The summed E-state index contributed by atoms with van der Waals surface area (Å²) in [7, 11) is 0. The largest absolute Gasteiger partial charge is 0.368 e. The van der Waals surface area contributed by atoms with Crippen LogP contribution < -0.4 is 5.32 Å². The van der Waals surface area contributed by atoms with Crippen LogP contribution in [0, 0.1) is 10.2 Å². The van der Waals surface area contributed by atoms with Crippen LogP contribution in [-0.4, -0.2) is 0 Å². The molecule has 0 aromatic heterocycles. The third-order valence-electron chi connectivity index (χ3n) is 0.718. The van der Waals surface area contributed by atoms with Gasteiger partial charge in [0, 0.05) is 28.3 Å². The quantitative estimate of drug-likeness (QED) is 0.647. The summed E-state index contributed by atoms with van der Waals surface area (Å²) in [5.74, 6) is 0. The molecule has 3 heteroatoms. The van der Waals surface area contributed by atoms with Crippen molar-refractivity contribution in [3.8, 4) is 4.98 Å². The zero-order chi connectivity index (χ0) is 7.66. The van der Waals surface area contributed by atoms with E-state index in [0.29, 0.717) is 0 Å². The molecule has 0 aromatic rings. The Morgan fingerprint density at radius 3 is 1.90 bits per heavy atom. The molecule has 1 aliphatic rings. The minimum Gasteiger partial charge on any atom is -0.368 e. The molecule has 0 aliphatic carbocycles. The lowest BCUT2D eigenvalue weighted by Gasteiger charge is -1.79. The summed E-state index contributed by atoms with van der Waals surface area (Å²) >= 11 is 2.45. The van der Waals surface area contributed by atoms with Crippen LogP contribution in [0.5, 0.6) is 0 Å². The Bertz CT molecular complexity index is 172. The van der Waals surface area contributed by atoms with Crippen molar-refractivity contribution in [3.63, 3.8) is 0 Å². The Kier molecular flexibility index (Phi) is 7.18. The van der Waals surface area contributed by atoms with Gasteiger partial charge in [-0.3, -0.25) is 0 Å². The summed E-state index contributed by atoms with van der Waals surface area (Å²) in [6.45, 7) is 0. The molecule has 0 radical (unpaired) electrons. The summed E-state index contributed by atoms with van der Waals surface area (Å²) in [5, 5.41) is 10.2. The fraction of sp³-hybridized carbons (Fsp3) is 0. The van der Waals surface area contributed by atoms with Crippen molar-refractivity contribution in [1.82, 2.24) is 5.32 Å². The van der Waals surface area contributed by atoms with Gasteiger partial charge in [0.2, 0.25) is 0 Å². The molecule has 0 atom stereocenters. The maximum absolute atomic E-state index is 7.24. The number of halogens is 1. The SMILES string of the molecule is C1=CC=CNC=C1.N#CBr. The molecule has 0 saturated heterocycles. The minimum absolute atomic E-state index is 1.56. The van der Waals surface area contributed by atoms with Crippen molar-refractivity contribution in [2.75, 3.05) is 0 Å². The van der Waals surface area contributed by atoms with Gasteiger partial charge >= 0.3 is 0 Å². The average Bonchev–Trinajstić information content (AvgIpc) is 2.17. The van der Waals surface area contributed by atoms with E-state index in [1.54, 1.807) is 4.98 Å². The van der Waals surface area contributed by atoms with Gasteiger partial charge in [0.1, 0.15) is 4.98 Å². The maximum Gasteiger partial charge on any atom is 0.142 e. The minimum atomic E-state index is 1.56. The Balaban J connectivity index is 0.000000236. The highest BCUT2D eigenvalue weighted by Crippen LogP contribution is 1.81.